The van der Waals surface area contributed by atoms with E-state index in [1.807, 2.05) is 6.92 Å². The molecule has 1 aliphatic rings. The molecule has 0 radical (unpaired) electrons. The topological polar surface area (TPSA) is 73.6 Å². The Bertz CT molecular complexity index is 218. The van der Waals surface area contributed by atoms with Gasteiger partial charge in [-0.05, 0) is 25.7 Å². The van der Waals surface area contributed by atoms with Gasteiger partial charge in [0.05, 0.1) is 12.5 Å². The van der Waals surface area contributed by atoms with Crippen molar-refractivity contribution in [1.29, 1.82) is 0 Å². The minimum atomic E-state index is -0.158. The van der Waals surface area contributed by atoms with Crippen LogP contribution < -0.4 is 11.1 Å². The number of nitrogens with two attached hydrogens (primary N) is 1. The third-order valence-corrected chi connectivity index (χ3v) is 2.98. The maximum absolute atomic E-state index is 11.6. The number of ether oxygens (including phenoxy) is 2. The Morgan fingerprint density at radius 1 is 1.65 bits per heavy atom. The third kappa shape index (κ3) is 6.00. The highest BCUT2D eigenvalue weighted by atomic mass is 16.5. The normalized spacial score (nSPS) is 21.4. The van der Waals surface area contributed by atoms with Crippen molar-refractivity contribution in [3.05, 3.63) is 0 Å². The van der Waals surface area contributed by atoms with Crippen LogP contribution in [0.25, 0.3) is 0 Å². The lowest BCUT2D eigenvalue weighted by atomic mass is 10.1. The Balaban J connectivity index is 2.06. The van der Waals surface area contributed by atoms with Gasteiger partial charge in [-0.25, -0.2) is 0 Å². The number of hydrogen-bond acceptors (Lipinski definition) is 4. The molecule has 3 N–H and O–H groups in total. The van der Waals surface area contributed by atoms with Crippen molar-refractivity contribution < 1.29 is 14.3 Å². The number of carbonyl (C=O) groups is 1. The minimum absolute atomic E-state index is 0.0211. The van der Waals surface area contributed by atoms with Gasteiger partial charge in [0.15, 0.2) is 0 Å². The van der Waals surface area contributed by atoms with Crippen molar-refractivity contribution in [3.63, 3.8) is 0 Å². The maximum atomic E-state index is 11.6. The Morgan fingerprint density at radius 2 is 2.47 bits per heavy atom. The molecule has 0 saturated carbocycles. The lowest BCUT2D eigenvalue weighted by Gasteiger charge is -2.15. The third-order valence-electron chi connectivity index (χ3n) is 2.98. The number of nitrogens with one attached hydrogen (secondary N) is 1. The number of rotatable bonds is 8. The quantitative estimate of drug-likeness (QED) is 0.643. The number of amides is 1. The van der Waals surface area contributed by atoms with Crippen LogP contribution >= 0.6 is 0 Å². The zero-order chi connectivity index (χ0) is 12.5. The fraction of sp³-hybridized carbons (Fsp3) is 0.917. The van der Waals surface area contributed by atoms with Crippen molar-refractivity contribution >= 4 is 5.91 Å². The smallest absolute Gasteiger partial charge is 0.222 e. The minimum Gasteiger partial charge on any atom is -0.381 e. The fourth-order valence-corrected chi connectivity index (χ4v) is 1.95. The monoisotopic (exact) mass is 244 g/mol. The molecular formula is C12H24N2O3. The van der Waals surface area contributed by atoms with E-state index in [-0.39, 0.29) is 12.0 Å². The van der Waals surface area contributed by atoms with Crippen LogP contribution in [0.15, 0.2) is 0 Å². The van der Waals surface area contributed by atoms with Gasteiger partial charge in [-0.1, -0.05) is 0 Å². The zero-order valence-corrected chi connectivity index (χ0v) is 10.6. The van der Waals surface area contributed by atoms with Crippen LogP contribution in [0.4, 0.5) is 0 Å². The van der Waals surface area contributed by atoms with Gasteiger partial charge in [-0.2, -0.15) is 0 Å². The molecule has 2 atom stereocenters. The number of hydrogen-bond donors (Lipinski definition) is 2. The Kier molecular flexibility index (Phi) is 7.16. The van der Waals surface area contributed by atoms with E-state index < -0.39 is 0 Å². The molecular weight excluding hydrogens is 220 g/mol. The van der Waals surface area contributed by atoms with Crippen molar-refractivity contribution in [2.45, 2.75) is 32.3 Å². The first-order chi connectivity index (χ1) is 8.26. The van der Waals surface area contributed by atoms with Crippen LogP contribution in [0, 0.1) is 5.92 Å². The summed E-state index contributed by atoms with van der Waals surface area (Å²) in [5.41, 5.74) is 5.51. The van der Waals surface area contributed by atoms with Crippen LogP contribution in [0.3, 0.4) is 0 Å². The van der Waals surface area contributed by atoms with Gasteiger partial charge in [0.2, 0.25) is 5.91 Å². The van der Waals surface area contributed by atoms with E-state index in [1.54, 1.807) is 0 Å². The molecule has 0 bridgehead atoms. The highest BCUT2D eigenvalue weighted by Gasteiger charge is 2.16. The lowest BCUT2D eigenvalue weighted by molar-refractivity contribution is -0.123. The van der Waals surface area contributed by atoms with Crippen molar-refractivity contribution in [3.8, 4) is 0 Å². The molecule has 0 aromatic carbocycles. The molecule has 1 saturated heterocycles. The summed E-state index contributed by atoms with van der Waals surface area (Å²) in [7, 11) is 0. The highest BCUT2D eigenvalue weighted by Crippen LogP contribution is 2.15. The summed E-state index contributed by atoms with van der Waals surface area (Å²) in [4.78, 5) is 11.6. The first-order valence-electron chi connectivity index (χ1n) is 6.42. The van der Waals surface area contributed by atoms with Crippen molar-refractivity contribution in [1.82, 2.24) is 5.32 Å². The highest BCUT2D eigenvalue weighted by molar-refractivity contribution is 5.76. The van der Waals surface area contributed by atoms with E-state index >= 15 is 0 Å². The van der Waals surface area contributed by atoms with Crippen LogP contribution in [0.1, 0.15) is 26.2 Å². The molecule has 0 aromatic heterocycles. The van der Waals surface area contributed by atoms with E-state index in [0.717, 1.165) is 32.6 Å². The van der Waals surface area contributed by atoms with Gasteiger partial charge in [0.1, 0.15) is 0 Å². The van der Waals surface area contributed by atoms with Gasteiger partial charge in [0, 0.05) is 32.9 Å². The molecule has 5 nitrogen and oxygen atoms in total. The molecule has 17 heavy (non-hydrogen) atoms. The van der Waals surface area contributed by atoms with Crippen LogP contribution in [0.5, 0.6) is 0 Å². The molecule has 1 heterocycles. The first-order valence-corrected chi connectivity index (χ1v) is 6.42. The second kappa shape index (κ2) is 8.44. The summed E-state index contributed by atoms with van der Waals surface area (Å²) < 4.78 is 10.6. The molecule has 5 heteroatoms. The summed E-state index contributed by atoms with van der Waals surface area (Å²) in [6.07, 6.45) is 2.30. The summed E-state index contributed by atoms with van der Waals surface area (Å²) in [6, 6.07) is 0. The van der Waals surface area contributed by atoms with Gasteiger partial charge in [-0.3, -0.25) is 4.79 Å². The summed E-state index contributed by atoms with van der Waals surface area (Å²) in [5.74, 6) is 0.625. The molecule has 1 fully saturated rings. The Labute approximate surface area is 103 Å². The van der Waals surface area contributed by atoms with Crippen LogP contribution in [-0.2, 0) is 14.3 Å². The molecule has 1 rings (SSSR count). The van der Waals surface area contributed by atoms with Crippen LogP contribution in [-0.4, -0.2) is 44.9 Å². The van der Waals surface area contributed by atoms with E-state index in [0.29, 0.717) is 25.5 Å². The Morgan fingerprint density at radius 3 is 3.06 bits per heavy atom. The standard InChI is InChI=1S/C12H24N2O3/c1-2-17-11(8-13)7-12(15)14-5-3-10-4-6-16-9-10/h10-11H,2-9,13H2,1H3,(H,14,15). The van der Waals surface area contributed by atoms with Crippen molar-refractivity contribution in [2.75, 3.05) is 32.9 Å². The second-order valence-corrected chi connectivity index (χ2v) is 4.39. The van der Waals surface area contributed by atoms with Gasteiger partial charge in [-0.15, -0.1) is 0 Å². The average molecular weight is 244 g/mol. The summed E-state index contributed by atoms with van der Waals surface area (Å²) >= 11 is 0. The molecule has 0 aromatic rings. The van der Waals surface area contributed by atoms with E-state index in [2.05, 4.69) is 5.32 Å². The van der Waals surface area contributed by atoms with Gasteiger partial charge >= 0.3 is 0 Å². The fourth-order valence-electron chi connectivity index (χ4n) is 1.95. The van der Waals surface area contributed by atoms with E-state index in [9.17, 15) is 4.79 Å². The van der Waals surface area contributed by atoms with Gasteiger partial charge < -0.3 is 20.5 Å². The molecule has 2 unspecified atom stereocenters. The Hall–Kier alpha value is -0.650. The maximum Gasteiger partial charge on any atom is 0.222 e. The van der Waals surface area contributed by atoms with E-state index in [4.69, 9.17) is 15.2 Å². The molecule has 1 aliphatic heterocycles. The summed E-state index contributed by atoms with van der Waals surface area (Å²) in [6.45, 7) is 5.29. The number of carbonyl (C=O) groups excluding carboxylic acids is 1. The van der Waals surface area contributed by atoms with Gasteiger partial charge in [0.25, 0.3) is 0 Å². The summed E-state index contributed by atoms with van der Waals surface area (Å²) in [5, 5.41) is 2.90. The SMILES string of the molecule is CCOC(CN)CC(=O)NCCC1CCOC1. The molecule has 100 valence electrons. The zero-order valence-electron chi connectivity index (χ0n) is 10.6. The first kappa shape index (κ1) is 14.4. The van der Waals surface area contributed by atoms with Crippen LogP contribution in [0.2, 0.25) is 0 Å². The largest absolute Gasteiger partial charge is 0.381 e. The predicted molar refractivity (Wildman–Crippen MR) is 65.6 cm³/mol. The van der Waals surface area contributed by atoms with E-state index in [1.165, 1.54) is 0 Å². The molecule has 1 amide bonds. The van der Waals surface area contributed by atoms with Crippen molar-refractivity contribution in [2.24, 2.45) is 11.7 Å². The second-order valence-electron chi connectivity index (χ2n) is 4.39. The molecule has 0 spiro atoms. The lowest BCUT2D eigenvalue weighted by Crippen LogP contribution is -2.33. The predicted octanol–water partition coefficient (Wildman–Crippen LogP) is 0.283. The average Bonchev–Trinajstić information content (AvgIpc) is 2.81. The molecule has 0 aliphatic carbocycles.